The van der Waals surface area contributed by atoms with Gasteiger partial charge in [0.15, 0.2) is 0 Å². The molecule has 0 heteroatoms. The second-order valence-electron chi connectivity index (χ2n) is 6.23. The fraction of sp³-hybridized carbons (Fsp3) is 1.00. The topological polar surface area (TPSA) is 0 Å². The Kier molecular flexibility index (Phi) is 7.30. The zero-order valence-corrected chi connectivity index (χ0v) is 12.0. The highest BCUT2D eigenvalue weighted by molar-refractivity contribution is 4.76. The van der Waals surface area contributed by atoms with Gasteiger partial charge in [-0.15, -0.1) is 0 Å². The van der Waals surface area contributed by atoms with E-state index in [4.69, 9.17) is 0 Å². The lowest BCUT2D eigenvalue weighted by Gasteiger charge is -2.34. The van der Waals surface area contributed by atoms with Crippen LogP contribution in [0.2, 0.25) is 0 Å². The molecule has 0 aromatic rings. The molecule has 0 aliphatic heterocycles. The van der Waals surface area contributed by atoms with Crippen molar-refractivity contribution >= 4 is 0 Å². The summed E-state index contributed by atoms with van der Waals surface area (Å²) in [6.45, 7) is 16.6. The second-order valence-corrected chi connectivity index (χ2v) is 6.23. The largest absolute Gasteiger partial charge is 0.0654 e. The van der Waals surface area contributed by atoms with Crippen LogP contribution in [0, 0.1) is 29.6 Å². The van der Waals surface area contributed by atoms with Gasteiger partial charge < -0.3 is 0 Å². The van der Waals surface area contributed by atoms with E-state index in [1.807, 2.05) is 0 Å². The zero-order valence-electron chi connectivity index (χ0n) is 12.0. The van der Waals surface area contributed by atoms with Crippen LogP contribution in [0.5, 0.6) is 0 Å². The van der Waals surface area contributed by atoms with Crippen molar-refractivity contribution in [1.82, 2.24) is 0 Å². The maximum absolute atomic E-state index is 2.40. The quantitative estimate of drug-likeness (QED) is 0.531. The first-order chi connectivity index (χ1) is 6.90. The van der Waals surface area contributed by atoms with Crippen molar-refractivity contribution in [1.29, 1.82) is 0 Å². The lowest BCUT2D eigenvalue weighted by molar-refractivity contribution is 0.156. The van der Waals surface area contributed by atoms with Gasteiger partial charge in [0.2, 0.25) is 0 Å². The van der Waals surface area contributed by atoms with E-state index in [0.717, 1.165) is 29.6 Å². The van der Waals surface area contributed by atoms with Gasteiger partial charge >= 0.3 is 0 Å². The van der Waals surface area contributed by atoms with E-state index in [2.05, 4.69) is 48.5 Å². The van der Waals surface area contributed by atoms with E-state index in [-0.39, 0.29) is 0 Å². The highest BCUT2D eigenvalue weighted by Crippen LogP contribution is 2.35. The molecule has 0 fully saturated rings. The van der Waals surface area contributed by atoms with Gasteiger partial charge in [0.05, 0.1) is 0 Å². The summed E-state index contributed by atoms with van der Waals surface area (Å²) >= 11 is 0. The molecule has 0 amide bonds. The molecule has 0 heterocycles. The maximum Gasteiger partial charge on any atom is -0.0358 e. The molecule has 2 atom stereocenters. The predicted octanol–water partition coefficient (Wildman–Crippen LogP) is 5.38. The molecule has 0 saturated carbocycles. The normalized spacial score (nSPS) is 16.4. The van der Waals surface area contributed by atoms with Gasteiger partial charge in [-0.3, -0.25) is 0 Å². The monoisotopic (exact) mass is 212 g/mol. The Morgan fingerprint density at radius 1 is 0.733 bits per heavy atom. The van der Waals surface area contributed by atoms with Gasteiger partial charge in [-0.1, -0.05) is 61.3 Å². The SMILES string of the molecule is CCCC(C(C)C)C(CC(C)C)C(C)C. The Morgan fingerprint density at radius 2 is 1.20 bits per heavy atom. The van der Waals surface area contributed by atoms with Crippen LogP contribution in [-0.4, -0.2) is 0 Å². The van der Waals surface area contributed by atoms with Crippen LogP contribution < -0.4 is 0 Å². The molecule has 0 aromatic heterocycles. The van der Waals surface area contributed by atoms with Crippen molar-refractivity contribution in [2.45, 2.75) is 67.7 Å². The van der Waals surface area contributed by atoms with Crippen molar-refractivity contribution in [2.24, 2.45) is 29.6 Å². The van der Waals surface area contributed by atoms with E-state index in [9.17, 15) is 0 Å². The van der Waals surface area contributed by atoms with Gasteiger partial charge in [-0.2, -0.15) is 0 Å². The maximum atomic E-state index is 2.40. The molecule has 0 spiro atoms. The molecule has 0 nitrogen and oxygen atoms in total. The van der Waals surface area contributed by atoms with E-state index in [0.29, 0.717) is 0 Å². The highest BCUT2D eigenvalue weighted by atomic mass is 14.3. The first-order valence-electron chi connectivity index (χ1n) is 6.90. The Balaban J connectivity index is 4.52. The number of rotatable bonds is 7. The summed E-state index contributed by atoms with van der Waals surface area (Å²) in [6, 6.07) is 0. The average molecular weight is 212 g/mol. The first-order valence-corrected chi connectivity index (χ1v) is 6.90. The summed E-state index contributed by atoms with van der Waals surface area (Å²) < 4.78 is 0. The van der Waals surface area contributed by atoms with Crippen LogP contribution >= 0.6 is 0 Å². The van der Waals surface area contributed by atoms with E-state index < -0.39 is 0 Å². The van der Waals surface area contributed by atoms with Crippen LogP contribution in [0.15, 0.2) is 0 Å². The molecule has 0 aliphatic rings. The lowest BCUT2D eigenvalue weighted by atomic mass is 9.71. The fourth-order valence-electron chi connectivity index (χ4n) is 2.86. The number of hydrogen-bond acceptors (Lipinski definition) is 0. The van der Waals surface area contributed by atoms with E-state index in [1.54, 1.807) is 0 Å². The van der Waals surface area contributed by atoms with Crippen molar-refractivity contribution in [3.8, 4) is 0 Å². The molecular formula is C15H32. The van der Waals surface area contributed by atoms with E-state index >= 15 is 0 Å². The molecule has 0 aliphatic carbocycles. The van der Waals surface area contributed by atoms with Crippen LogP contribution in [-0.2, 0) is 0 Å². The van der Waals surface area contributed by atoms with Crippen molar-refractivity contribution < 1.29 is 0 Å². The van der Waals surface area contributed by atoms with Crippen molar-refractivity contribution in [3.05, 3.63) is 0 Å². The van der Waals surface area contributed by atoms with Gasteiger partial charge in [0.25, 0.3) is 0 Å². The standard InChI is InChI=1S/C15H32/c1-8-9-14(12(4)5)15(13(6)7)10-11(2)3/h11-15H,8-10H2,1-7H3. The molecule has 2 unspecified atom stereocenters. The first kappa shape index (κ1) is 15.0. The summed E-state index contributed by atoms with van der Waals surface area (Å²) in [6.07, 6.45) is 4.15. The minimum absolute atomic E-state index is 0.839. The molecular weight excluding hydrogens is 180 g/mol. The van der Waals surface area contributed by atoms with E-state index in [1.165, 1.54) is 19.3 Å². The molecule has 0 rings (SSSR count). The van der Waals surface area contributed by atoms with Crippen LogP contribution in [0.3, 0.4) is 0 Å². The molecule has 0 bridgehead atoms. The molecule has 92 valence electrons. The Bertz CT molecular complexity index is 144. The summed E-state index contributed by atoms with van der Waals surface area (Å²) in [4.78, 5) is 0. The minimum atomic E-state index is 0.839. The van der Waals surface area contributed by atoms with Crippen molar-refractivity contribution in [2.75, 3.05) is 0 Å². The molecule has 0 aromatic carbocycles. The summed E-state index contributed by atoms with van der Waals surface area (Å²) in [7, 11) is 0. The molecule has 0 saturated heterocycles. The number of hydrogen-bond donors (Lipinski definition) is 0. The van der Waals surface area contributed by atoms with Crippen LogP contribution in [0.4, 0.5) is 0 Å². The molecule has 0 N–H and O–H groups in total. The highest BCUT2D eigenvalue weighted by Gasteiger charge is 2.26. The predicted molar refractivity (Wildman–Crippen MR) is 71.0 cm³/mol. The summed E-state index contributed by atoms with van der Waals surface area (Å²) in [5.41, 5.74) is 0. The third-order valence-electron chi connectivity index (χ3n) is 3.63. The summed E-state index contributed by atoms with van der Waals surface area (Å²) in [5, 5.41) is 0. The Hall–Kier alpha value is 0. The summed E-state index contributed by atoms with van der Waals surface area (Å²) in [5.74, 6) is 4.38. The second kappa shape index (κ2) is 7.30. The van der Waals surface area contributed by atoms with Gasteiger partial charge in [0.1, 0.15) is 0 Å². The Labute approximate surface area is 97.8 Å². The van der Waals surface area contributed by atoms with Gasteiger partial charge in [0, 0.05) is 0 Å². The Morgan fingerprint density at radius 3 is 1.47 bits per heavy atom. The zero-order chi connectivity index (χ0) is 12.0. The molecule has 0 radical (unpaired) electrons. The molecule has 15 heavy (non-hydrogen) atoms. The third-order valence-corrected chi connectivity index (χ3v) is 3.63. The van der Waals surface area contributed by atoms with Crippen LogP contribution in [0.1, 0.15) is 67.7 Å². The van der Waals surface area contributed by atoms with Gasteiger partial charge in [-0.25, -0.2) is 0 Å². The average Bonchev–Trinajstić information content (AvgIpc) is 2.09. The fourth-order valence-corrected chi connectivity index (χ4v) is 2.86. The van der Waals surface area contributed by atoms with Crippen molar-refractivity contribution in [3.63, 3.8) is 0 Å². The smallest absolute Gasteiger partial charge is 0.0358 e. The lowest BCUT2D eigenvalue weighted by Crippen LogP contribution is -2.26. The van der Waals surface area contributed by atoms with Gasteiger partial charge in [-0.05, 0) is 36.0 Å². The third kappa shape index (κ3) is 5.58. The van der Waals surface area contributed by atoms with Crippen LogP contribution in [0.25, 0.3) is 0 Å². The minimum Gasteiger partial charge on any atom is -0.0654 e.